The molecule has 0 saturated carbocycles. The van der Waals surface area contributed by atoms with Crippen LogP contribution in [0.1, 0.15) is 15.2 Å². The molecule has 0 bridgehead atoms. The first-order chi connectivity index (χ1) is 12.2. The third-order valence-electron chi connectivity index (χ3n) is 4.36. The largest absolute Gasteiger partial charge is 0.338 e. The third-order valence-corrected chi connectivity index (χ3v) is 5.27. The van der Waals surface area contributed by atoms with Gasteiger partial charge in [-0.25, -0.2) is 4.79 Å². The fourth-order valence-electron chi connectivity index (χ4n) is 2.90. The Morgan fingerprint density at radius 2 is 1.76 bits per heavy atom. The molecule has 0 atom stereocenters. The van der Waals surface area contributed by atoms with Gasteiger partial charge in [0.1, 0.15) is 0 Å². The van der Waals surface area contributed by atoms with E-state index in [-0.39, 0.29) is 11.8 Å². The summed E-state index contributed by atoms with van der Waals surface area (Å²) in [5.74, 6) is 0.163. The van der Waals surface area contributed by atoms with E-state index in [1.54, 1.807) is 0 Å². The van der Waals surface area contributed by atoms with E-state index in [1.807, 2.05) is 40.6 Å². The summed E-state index contributed by atoms with van der Waals surface area (Å²) in [5, 5.41) is 4.90. The minimum Gasteiger partial charge on any atom is -0.338 e. The van der Waals surface area contributed by atoms with Crippen LogP contribution in [-0.4, -0.2) is 60.9 Å². The lowest BCUT2D eigenvalue weighted by Crippen LogP contribution is -2.52. The number of urea groups is 1. The number of Topliss-reactive ketones (excluding diaryl/α,β-unsaturated/α-hetero) is 1. The second-order valence-electron chi connectivity index (χ2n) is 6.13. The number of hydrogen-bond acceptors (Lipinski definition) is 4. The monoisotopic (exact) mass is 357 g/mol. The van der Waals surface area contributed by atoms with Gasteiger partial charge < -0.3 is 10.2 Å². The summed E-state index contributed by atoms with van der Waals surface area (Å²) in [6.45, 7) is 3.88. The van der Waals surface area contributed by atoms with Crippen LogP contribution in [0.5, 0.6) is 0 Å². The Morgan fingerprint density at radius 1 is 1.00 bits per heavy atom. The Labute approximate surface area is 152 Å². The Kier molecular flexibility index (Phi) is 6.19. The van der Waals surface area contributed by atoms with Gasteiger partial charge in [0, 0.05) is 32.7 Å². The van der Waals surface area contributed by atoms with Crippen LogP contribution in [0.3, 0.4) is 0 Å². The Balaban J connectivity index is 1.36. The van der Waals surface area contributed by atoms with Gasteiger partial charge in [0.25, 0.3) is 0 Å². The first-order valence-corrected chi connectivity index (χ1v) is 9.46. The number of piperazine rings is 1. The molecular weight excluding hydrogens is 334 g/mol. The molecule has 1 saturated heterocycles. The highest BCUT2D eigenvalue weighted by atomic mass is 32.1. The molecule has 2 aromatic rings. The average Bonchev–Trinajstić information content (AvgIpc) is 3.18. The summed E-state index contributed by atoms with van der Waals surface area (Å²) in [7, 11) is 0. The normalized spacial score (nSPS) is 15.1. The molecule has 3 rings (SSSR count). The molecule has 0 spiro atoms. The molecule has 1 N–H and O–H groups in total. The molecule has 1 aliphatic heterocycles. The minimum absolute atomic E-state index is 0.0137. The predicted octanol–water partition coefficient (Wildman–Crippen LogP) is 2.50. The maximum atomic E-state index is 12.2. The number of rotatable bonds is 6. The molecule has 0 radical (unpaired) electrons. The molecule has 0 unspecified atom stereocenters. The van der Waals surface area contributed by atoms with Crippen molar-refractivity contribution < 1.29 is 9.59 Å². The number of thiophene rings is 1. The van der Waals surface area contributed by atoms with Crippen LogP contribution in [0.15, 0.2) is 47.8 Å². The molecule has 0 aliphatic carbocycles. The maximum absolute atomic E-state index is 12.2. The fourth-order valence-corrected chi connectivity index (χ4v) is 3.55. The molecule has 1 aromatic heterocycles. The van der Waals surface area contributed by atoms with Crippen molar-refractivity contribution in [2.45, 2.75) is 6.42 Å². The van der Waals surface area contributed by atoms with Crippen LogP contribution in [0, 0.1) is 0 Å². The zero-order valence-corrected chi connectivity index (χ0v) is 15.0. The Hall–Kier alpha value is -2.18. The molecule has 5 nitrogen and oxygen atoms in total. The van der Waals surface area contributed by atoms with Crippen LogP contribution < -0.4 is 5.32 Å². The first kappa shape index (κ1) is 17.6. The highest BCUT2D eigenvalue weighted by Crippen LogP contribution is 2.11. The summed E-state index contributed by atoms with van der Waals surface area (Å²) in [6.07, 6.45) is 0.835. The maximum Gasteiger partial charge on any atom is 0.317 e. The van der Waals surface area contributed by atoms with E-state index >= 15 is 0 Å². The van der Waals surface area contributed by atoms with Crippen molar-refractivity contribution in [2.75, 3.05) is 39.3 Å². The Morgan fingerprint density at radius 3 is 2.44 bits per heavy atom. The van der Waals surface area contributed by atoms with Crippen molar-refractivity contribution in [2.24, 2.45) is 0 Å². The molecule has 25 heavy (non-hydrogen) atoms. The molecule has 2 amide bonds. The van der Waals surface area contributed by atoms with Gasteiger partial charge in [-0.05, 0) is 23.4 Å². The van der Waals surface area contributed by atoms with E-state index in [9.17, 15) is 9.59 Å². The van der Waals surface area contributed by atoms with E-state index in [0.717, 1.165) is 24.4 Å². The van der Waals surface area contributed by atoms with Crippen molar-refractivity contribution in [1.29, 1.82) is 0 Å². The van der Waals surface area contributed by atoms with Gasteiger partial charge >= 0.3 is 6.03 Å². The van der Waals surface area contributed by atoms with Crippen molar-refractivity contribution >= 4 is 23.2 Å². The predicted molar refractivity (Wildman–Crippen MR) is 100 cm³/mol. The molecule has 2 heterocycles. The lowest BCUT2D eigenvalue weighted by atomic mass is 10.1. The second-order valence-corrected chi connectivity index (χ2v) is 7.08. The van der Waals surface area contributed by atoms with Gasteiger partial charge in [0.15, 0.2) is 5.78 Å². The number of carbonyl (C=O) groups excluding carboxylic acids is 2. The summed E-state index contributed by atoms with van der Waals surface area (Å²) >= 11 is 1.48. The van der Waals surface area contributed by atoms with Crippen molar-refractivity contribution in [3.05, 3.63) is 58.3 Å². The summed E-state index contributed by atoms with van der Waals surface area (Å²) in [5.41, 5.74) is 1.22. The van der Waals surface area contributed by atoms with E-state index in [0.29, 0.717) is 26.2 Å². The number of carbonyl (C=O) groups is 2. The van der Waals surface area contributed by atoms with Gasteiger partial charge in [-0.2, -0.15) is 0 Å². The quantitative estimate of drug-likeness (QED) is 0.808. The first-order valence-electron chi connectivity index (χ1n) is 8.58. The van der Waals surface area contributed by atoms with E-state index in [2.05, 4.69) is 22.3 Å². The number of nitrogens with zero attached hydrogens (tertiary/aromatic N) is 2. The van der Waals surface area contributed by atoms with Gasteiger partial charge in [0.2, 0.25) is 0 Å². The van der Waals surface area contributed by atoms with Gasteiger partial charge in [-0.15, -0.1) is 11.3 Å². The standard InChI is InChI=1S/C19H23N3O2S/c23-17(18-7-4-14-25-18)15-21-10-12-22(13-11-21)19(24)20-9-8-16-5-2-1-3-6-16/h1-7,14H,8-13,15H2,(H,20,24). The highest BCUT2D eigenvalue weighted by Gasteiger charge is 2.22. The highest BCUT2D eigenvalue weighted by molar-refractivity contribution is 7.12. The lowest BCUT2D eigenvalue weighted by Gasteiger charge is -2.34. The van der Waals surface area contributed by atoms with Crippen LogP contribution in [0.4, 0.5) is 4.79 Å². The number of amides is 2. The average molecular weight is 357 g/mol. The summed E-state index contributed by atoms with van der Waals surface area (Å²) in [6, 6.07) is 13.9. The SMILES string of the molecule is O=C(CN1CCN(C(=O)NCCc2ccccc2)CC1)c1cccs1. The van der Waals surface area contributed by atoms with Gasteiger partial charge in [-0.3, -0.25) is 9.69 Å². The number of ketones is 1. The zero-order chi connectivity index (χ0) is 17.5. The minimum atomic E-state index is -0.0137. The van der Waals surface area contributed by atoms with Crippen LogP contribution in [0.2, 0.25) is 0 Å². The molecular formula is C19H23N3O2S. The van der Waals surface area contributed by atoms with Crippen molar-refractivity contribution in [1.82, 2.24) is 15.1 Å². The van der Waals surface area contributed by atoms with Gasteiger partial charge in [-0.1, -0.05) is 36.4 Å². The van der Waals surface area contributed by atoms with Gasteiger partial charge in [0.05, 0.1) is 11.4 Å². The zero-order valence-electron chi connectivity index (χ0n) is 14.2. The Bertz CT molecular complexity index is 680. The molecule has 1 aliphatic rings. The number of nitrogens with one attached hydrogen (secondary N) is 1. The second kappa shape index (κ2) is 8.78. The van der Waals surface area contributed by atoms with Crippen LogP contribution >= 0.6 is 11.3 Å². The van der Waals surface area contributed by atoms with Crippen molar-refractivity contribution in [3.8, 4) is 0 Å². The van der Waals surface area contributed by atoms with E-state index in [4.69, 9.17) is 0 Å². The number of hydrogen-bond donors (Lipinski definition) is 1. The molecule has 132 valence electrons. The summed E-state index contributed by atoms with van der Waals surface area (Å²) in [4.78, 5) is 29.1. The molecule has 1 aromatic carbocycles. The van der Waals surface area contributed by atoms with E-state index in [1.165, 1.54) is 16.9 Å². The van der Waals surface area contributed by atoms with E-state index < -0.39 is 0 Å². The molecule has 6 heteroatoms. The lowest BCUT2D eigenvalue weighted by molar-refractivity contribution is 0.0882. The number of benzene rings is 1. The summed E-state index contributed by atoms with van der Waals surface area (Å²) < 4.78 is 0. The smallest absolute Gasteiger partial charge is 0.317 e. The third kappa shape index (κ3) is 5.14. The van der Waals surface area contributed by atoms with Crippen LogP contribution in [-0.2, 0) is 6.42 Å². The molecule has 1 fully saturated rings. The van der Waals surface area contributed by atoms with Crippen molar-refractivity contribution in [3.63, 3.8) is 0 Å². The fraction of sp³-hybridized carbons (Fsp3) is 0.368. The topological polar surface area (TPSA) is 52.7 Å². The van der Waals surface area contributed by atoms with Crippen LogP contribution in [0.25, 0.3) is 0 Å².